The van der Waals surface area contributed by atoms with Crippen LogP contribution >= 0.6 is 0 Å². The fourth-order valence-electron chi connectivity index (χ4n) is 2.98. The van der Waals surface area contributed by atoms with Gasteiger partial charge in [0.25, 0.3) is 5.91 Å². The van der Waals surface area contributed by atoms with Gasteiger partial charge in [-0.25, -0.2) is 0 Å². The molecule has 27 heavy (non-hydrogen) atoms. The minimum absolute atomic E-state index is 0.0329. The van der Waals surface area contributed by atoms with E-state index in [0.717, 1.165) is 25.7 Å². The lowest BCUT2D eigenvalue weighted by Crippen LogP contribution is -2.36. The predicted octanol–water partition coefficient (Wildman–Crippen LogP) is 2.80. The average molecular weight is 376 g/mol. The number of carbonyl (C=O) groups is 3. The number of ether oxygens (including phenoxy) is 2. The molecule has 0 bridgehead atoms. The van der Waals surface area contributed by atoms with Crippen molar-refractivity contribution in [2.45, 2.75) is 57.9 Å². The summed E-state index contributed by atoms with van der Waals surface area (Å²) in [4.78, 5) is 35.4. The highest BCUT2D eigenvalue weighted by molar-refractivity contribution is 5.93. The van der Waals surface area contributed by atoms with Crippen LogP contribution in [0, 0.1) is 0 Å². The molecule has 2 amide bonds. The van der Waals surface area contributed by atoms with Gasteiger partial charge in [0.15, 0.2) is 6.61 Å². The van der Waals surface area contributed by atoms with Crippen molar-refractivity contribution in [1.29, 1.82) is 0 Å². The minimum Gasteiger partial charge on any atom is -0.494 e. The van der Waals surface area contributed by atoms with Crippen molar-refractivity contribution in [1.82, 2.24) is 5.32 Å². The van der Waals surface area contributed by atoms with Crippen LogP contribution in [0.5, 0.6) is 5.75 Å². The van der Waals surface area contributed by atoms with Crippen LogP contribution in [0.2, 0.25) is 0 Å². The van der Waals surface area contributed by atoms with Gasteiger partial charge < -0.3 is 20.1 Å². The van der Waals surface area contributed by atoms with E-state index in [1.165, 1.54) is 6.42 Å². The van der Waals surface area contributed by atoms with Crippen LogP contribution < -0.4 is 15.4 Å². The molecule has 1 aliphatic rings. The van der Waals surface area contributed by atoms with Gasteiger partial charge in [0.2, 0.25) is 5.91 Å². The molecule has 2 rings (SSSR count). The molecule has 0 atom stereocenters. The molecular weight excluding hydrogens is 348 g/mol. The molecule has 1 saturated carbocycles. The second-order valence-electron chi connectivity index (χ2n) is 6.57. The van der Waals surface area contributed by atoms with Crippen molar-refractivity contribution in [3.05, 3.63) is 24.3 Å². The van der Waals surface area contributed by atoms with Crippen molar-refractivity contribution >= 4 is 23.5 Å². The molecule has 2 N–H and O–H groups in total. The Morgan fingerprint density at radius 2 is 1.70 bits per heavy atom. The lowest BCUT2D eigenvalue weighted by Gasteiger charge is -2.22. The number of carbonyl (C=O) groups excluding carboxylic acids is 3. The summed E-state index contributed by atoms with van der Waals surface area (Å²) in [5.41, 5.74) is 0.589. The van der Waals surface area contributed by atoms with Crippen molar-refractivity contribution in [2.75, 3.05) is 18.5 Å². The summed E-state index contributed by atoms with van der Waals surface area (Å²) < 4.78 is 10.2. The van der Waals surface area contributed by atoms with Crippen molar-refractivity contribution < 1.29 is 23.9 Å². The number of benzene rings is 1. The molecule has 1 fully saturated rings. The maximum Gasteiger partial charge on any atom is 0.306 e. The van der Waals surface area contributed by atoms with E-state index >= 15 is 0 Å². The van der Waals surface area contributed by atoms with E-state index in [0.29, 0.717) is 18.0 Å². The first-order valence-electron chi connectivity index (χ1n) is 9.54. The van der Waals surface area contributed by atoms with Crippen molar-refractivity contribution in [3.8, 4) is 5.75 Å². The van der Waals surface area contributed by atoms with E-state index in [9.17, 15) is 14.4 Å². The van der Waals surface area contributed by atoms with Gasteiger partial charge in [0.1, 0.15) is 5.75 Å². The third-order valence-corrected chi connectivity index (χ3v) is 4.34. The van der Waals surface area contributed by atoms with Gasteiger partial charge >= 0.3 is 5.97 Å². The summed E-state index contributed by atoms with van der Waals surface area (Å²) in [7, 11) is 0. The lowest BCUT2D eigenvalue weighted by atomic mass is 9.95. The number of hydrogen-bond acceptors (Lipinski definition) is 5. The second kappa shape index (κ2) is 11.2. The normalized spacial score (nSPS) is 14.3. The van der Waals surface area contributed by atoms with Gasteiger partial charge in [-0.1, -0.05) is 19.3 Å². The smallest absolute Gasteiger partial charge is 0.306 e. The lowest BCUT2D eigenvalue weighted by molar-refractivity contribution is -0.148. The van der Waals surface area contributed by atoms with Crippen LogP contribution in [0.25, 0.3) is 0 Å². The Bertz CT molecular complexity index is 624. The SMILES string of the molecule is CCOc1ccc(NC(=O)COC(=O)CCC(=O)NC2CCCCC2)cc1. The van der Waals surface area contributed by atoms with Gasteiger partial charge in [0, 0.05) is 18.2 Å². The Balaban J connectivity index is 1.61. The van der Waals surface area contributed by atoms with Gasteiger partial charge in [0.05, 0.1) is 13.0 Å². The summed E-state index contributed by atoms with van der Waals surface area (Å²) in [6, 6.07) is 7.13. The fraction of sp³-hybridized carbons (Fsp3) is 0.550. The highest BCUT2D eigenvalue weighted by atomic mass is 16.5. The zero-order chi connectivity index (χ0) is 19.5. The third-order valence-electron chi connectivity index (χ3n) is 4.34. The third kappa shape index (κ3) is 8.11. The van der Waals surface area contributed by atoms with E-state index in [2.05, 4.69) is 10.6 Å². The first-order chi connectivity index (χ1) is 13.1. The van der Waals surface area contributed by atoms with Crippen molar-refractivity contribution in [2.24, 2.45) is 0 Å². The van der Waals surface area contributed by atoms with E-state index in [1.807, 2.05) is 6.92 Å². The van der Waals surface area contributed by atoms with Gasteiger partial charge in [-0.2, -0.15) is 0 Å². The molecule has 1 aromatic carbocycles. The molecule has 1 aliphatic carbocycles. The monoisotopic (exact) mass is 376 g/mol. The minimum atomic E-state index is -0.560. The molecule has 0 spiro atoms. The summed E-state index contributed by atoms with van der Waals surface area (Å²) in [5.74, 6) is -0.416. The maximum absolute atomic E-state index is 11.9. The van der Waals surface area contributed by atoms with Crippen LogP contribution in [-0.2, 0) is 19.1 Å². The van der Waals surface area contributed by atoms with Crippen LogP contribution in [0.1, 0.15) is 51.9 Å². The Morgan fingerprint density at radius 1 is 1.00 bits per heavy atom. The average Bonchev–Trinajstić information content (AvgIpc) is 2.67. The van der Waals surface area contributed by atoms with Crippen LogP contribution in [0.15, 0.2) is 24.3 Å². The number of amides is 2. The Labute approximate surface area is 159 Å². The number of esters is 1. The summed E-state index contributed by atoms with van der Waals surface area (Å²) in [6.45, 7) is 2.08. The second-order valence-corrected chi connectivity index (χ2v) is 6.57. The summed E-state index contributed by atoms with van der Waals surface area (Å²) in [5, 5.41) is 5.58. The standard InChI is InChI=1S/C20H28N2O5/c1-2-26-17-10-8-16(9-11-17)22-19(24)14-27-20(25)13-12-18(23)21-15-6-4-3-5-7-15/h8-11,15H,2-7,12-14H2,1H3,(H,21,23)(H,22,24). The van der Waals surface area contributed by atoms with Gasteiger partial charge in [-0.15, -0.1) is 0 Å². The number of nitrogens with one attached hydrogen (secondary N) is 2. The molecule has 7 nitrogen and oxygen atoms in total. The fourth-order valence-corrected chi connectivity index (χ4v) is 2.98. The van der Waals surface area contributed by atoms with Crippen LogP contribution in [-0.4, -0.2) is 37.0 Å². The maximum atomic E-state index is 11.9. The molecule has 0 unspecified atom stereocenters. The molecule has 0 radical (unpaired) electrons. The molecule has 0 heterocycles. The Morgan fingerprint density at radius 3 is 2.37 bits per heavy atom. The Kier molecular flexibility index (Phi) is 8.61. The molecule has 7 heteroatoms. The number of rotatable bonds is 9. The van der Waals surface area contributed by atoms with Gasteiger partial charge in [-0.05, 0) is 44.0 Å². The molecular formula is C20H28N2O5. The zero-order valence-electron chi connectivity index (χ0n) is 15.8. The van der Waals surface area contributed by atoms with E-state index in [1.54, 1.807) is 24.3 Å². The molecule has 0 saturated heterocycles. The predicted molar refractivity (Wildman–Crippen MR) is 101 cm³/mol. The first kappa shape index (κ1) is 20.7. The summed E-state index contributed by atoms with van der Waals surface area (Å²) in [6.07, 6.45) is 5.54. The molecule has 1 aromatic rings. The molecule has 148 valence electrons. The van der Waals surface area contributed by atoms with E-state index in [-0.39, 0.29) is 31.4 Å². The molecule has 0 aromatic heterocycles. The number of anilines is 1. The quantitative estimate of drug-likeness (QED) is 0.647. The molecule has 0 aliphatic heterocycles. The first-order valence-corrected chi connectivity index (χ1v) is 9.54. The van der Waals surface area contributed by atoms with Crippen LogP contribution in [0.4, 0.5) is 5.69 Å². The van der Waals surface area contributed by atoms with E-state index in [4.69, 9.17) is 9.47 Å². The van der Waals surface area contributed by atoms with Crippen molar-refractivity contribution in [3.63, 3.8) is 0 Å². The topological polar surface area (TPSA) is 93.7 Å². The summed E-state index contributed by atoms with van der Waals surface area (Å²) >= 11 is 0. The highest BCUT2D eigenvalue weighted by Crippen LogP contribution is 2.17. The van der Waals surface area contributed by atoms with E-state index < -0.39 is 11.9 Å². The zero-order valence-corrected chi connectivity index (χ0v) is 15.8. The van der Waals surface area contributed by atoms with Crippen LogP contribution in [0.3, 0.4) is 0 Å². The largest absolute Gasteiger partial charge is 0.494 e. The highest BCUT2D eigenvalue weighted by Gasteiger charge is 2.16. The van der Waals surface area contributed by atoms with Gasteiger partial charge in [-0.3, -0.25) is 14.4 Å². The Hall–Kier alpha value is -2.57. The number of hydrogen-bond donors (Lipinski definition) is 2.